The predicted octanol–water partition coefficient (Wildman–Crippen LogP) is 2.07. The Morgan fingerprint density at radius 2 is 2.06 bits per heavy atom. The first-order chi connectivity index (χ1) is 8.78. The van der Waals surface area contributed by atoms with Crippen molar-refractivity contribution in [2.45, 2.75) is 31.9 Å². The predicted molar refractivity (Wildman–Crippen MR) is 68.0 cm³/mol. The van der Waals surface area contributed by atoms with E-state index < -0.39 is 0 Å². The Hall–Kier alpha value is -1.55. The number of aliphatic hydroxyl groups excluding tert-OH is 1. The molecular formula is C14H19NO3. The van der Waals surface area contributed by atoms with E-state index in [-0.39, 0.29) is 18.7 Å². The summed E-state index contributed by atoms with van der Waals surface area (Å²) in [6.07, 6.45) is 2.37. The van der Waals surface area contributed by atoms with Gasteiger partial charge in [0, 0.05) is 12.6 Å². The van der Waals surface area contributed by atoms with Gasteiger partial charge in [0.25, 0.3) is 0 Å². The quantitative estimate of drug-likeness (QED) is 0.840. The van der Waals surface area contributed by atoms with Crippen molar-refractivity contribution in [3.8, 4) is 0 Å². The van der Waals surface area contributed by atoms with E-state index in [1.165, 1.54) is 0 Å². The van der Waals surface area contributed by atoms with E-state index in [0.29, 0.717) is 12.5 Å². The fourth-order valence-electron chi connectivity index (χ4n) is 2.20. The minimum absolute atomic E-state index is 0.213. The lowest BCUT2D eigenvalue weighted by Crippen LogP contribution is -2.44. The molecule has 1 aromatic carbocycles. The van der Waals surface area contributed by atoms with Crippen molar-refractivity contribution in [3.63, 3.8) is 0 Å². The van der Waals surface area contributed by atoms with Crippen LogP contribution < -0.4 is 5.32 Å². The van der Waals surface area contributed by atoms with Gasteiger partial charge in [0.2, 0.25) is 0 Å². The van der Waals surface area contributed by atoms with Gasteiger partial charge in [0.05, 0.1) is 0 Å². The highest BCUT2D eigenvalue weighted by Gasteiger charge is 2.29. The lowest BCUT2D eigenvalue weighted by Gasteiger charge is -2.35. The third-order valence-electron chi connectivity index (χ3n) is 3.31. The van der Waals surface area contributed by atoms with Crippen molar-refractivity contribution in [2.24, 2.45) is 5.92 Å². The molecule has 4 nitrogen and oxygen atoms in total. The van der Waals surface area contributed by atoms with Crippen LogP contribution in [0.15, 0.2) is 30.3 Å². The summed E-state index contributed by atoms with van der Waals surface area (Å²) in [5.41, 5.74) is 0.986. The van der Waals surface area contributed by atoms with Gasteiger partial charge in [0.15, 0.2) is 0 Å². The molecule has 1 aliphatic rings. The first-order valence-corrected chi connectivity index (χ1v) is 6.36. The average Bonchev–Trinajstić information content (AvgIpc) is 2.35. The highest BCUT2D eigenvalue weighted by molar-refractivity contribution is 5.67. The number of aliphatic hydroxyl groups is 1. The Kier molecular flexibility index (Phi) is 4.59. The molecule has 1 aromatic rings. The zero-order valence-electron chi connectivity index (χ0n) is 10.3. The van der Waals surface area contributed by atoms with Gasteiger partial charge in [-0.25, -0.2) is 4.79 Å². The maximum Gasteiger partial charge on any atom is 0.407 e. The smallest absolute Gasteiger partial charge is 0.407 e. The molecule has 0 radical (unpaired) electrons. The first-order valence-electron chi connectivity index (χ1n) is 6.36. The SMILES string of the molecule is O=C(NC1CC(CCO)C1)OCc1ccccc1. The number of carbonyl (C=O) groups is 1. The first kappa shape index (κ1) is 12.9. The van der Waals surface area contributed by atoms with Crippen molar-refractivity contribution in [3.05, 3.63) is 35.9 Å². The third-order valence-corrected chi connectivity index (χ3v) is 3.31. The minimum atomic E-state index is -0.355. The van der Waals surface area contributed by atoms with Crippen LogP contribution in [-0.4, -0.2) is 23.8 Å². The number of hydrogen-bond acceptors (Lipinski definition) is 3. The average molecular weight is 249 g/mol. The Labute approximate surface area is 107 Å². The zero-order chi connectivity index (χ0) is 12.8. The van der Waals surface area contributed by atoms with Crippen LogP contribution in [0.5, 0.6) is 0 Å². The molecule has 2 rings (SSSR count). The topological polar surface area (TPSA) is 58.6 Å². The normalized spacial score (nSPS) is 22.1. The van der Waals surface area contributed by atoms with Crippen molar-refractivity contribution in [1.29, 1.82) is 0 Å². The Morgan fingerprint density at radius 1 is 1.33 bits per heavy atom. The van der Waals surface area contributed by atoms with Crippen LogP contribution in [0.25, 0.3) is 0 Å². The highest BCUT2D eigenvalue weighted by atomic mass is 16.5. The zero-order valence-corrected chi connectivity index (χ0v) is 10.3. The van der Waals surface area contributed by atoms with Crippen LogP contribution in [0.1, 0.15) is 24.8 Å². The third kappa shape index (κ3) is 3.74. The molecule has 0 unspecified atom stereocenters. The van der Waals surface area contributed by atoms with Crippen molar-refractivity contribution >= 4 is 6.09 Å². The van der Waals surface area contributed by atoms with E-state index in [9.17, 15) is 4.79 Å². The van der Waals surface area contributed by atoms with Gasteiger partial charge < -0.3 is 15.2 Å². The van der Waals surface area contributed by atoms with Crippen LogP contribution >= 0.6 is 0 Å². The molecule has 0 saturated heterocycles. The van der Waals surface area contributed by atoms with E-state index in [1.807, 2.05) is 30.3 Å². The summed E-state index contributed by atoms with van der Waals surface area (Å²) in [7, 11) is 0. The van der Waals surface area contributed by atoms with Crippen molar-refractivity contribution in [1.82, 2.24) is 5.32 Å². The van der Waals surface area contributed by atoms with Crippen LogP contribution in [0.2, 0.25) is 0 Å². The molecule has 1 fully saturated rings. The largest absolute Gasteiger partial charge is 0.445 e. The molecule has 18 heavy (non-hydrogen) atoms. The monoisotopic (exact) mass is 249 g/mol. The molecule has 98 valence electrons. The van der Waals surface area contributed by atoms with Crippen LogP contribution in [0.4, 0.5) is 4.79 Å². The van der Waals surface area contributed by atoms with E-state index in [1.54, 1.807) is 0 Å². The van der Waals surface area contributed by atoms with Gasteiger partial charge in [-0.3, -0.25) is 0 Å². The van der Waals surface area contributed by atoms with Gasteiger partial charge in [-0.15, -0.1) is 0 Å². The molecule has 0 bridgehead atoms. The van der Waals surface area contributed by atoms with E-state index in [4.69, 9.17) is 9.84 Å². The standard InChI is InChI=1S/C14H19NO3/c16-7-6-12-8-13(9-12)15-14(17)18-10-11-4-2-1-3-5-11/h1-5,12-13,16H,6-10H2,(H,15,17). The molecule has 1 aliphatic carbocycles. The second-order valence-corrected chi connectivity index (χ2v) is 4.75. The molecule has 1 saturated carbocycles. The number of carbonyl (C=O) groups excluding carboxylic acids is 1. The molecule has 0 aliphatic heterocycles. The molecular weight excluding hydrogens is 230 g/mol. The number of amides is 1. The second-order valence-electron chi connectivity index (χ2n) is 4.75. The number of hydrogen-bond donors (Lipinski definition) is 2. The number of nitrogens with one attached hydrogen (secondary N) is 1. The Balaban J connectivity index is 1.62. The molecule has 4 heteroatoms. The summed E-state index contributed by atoms with van der Waals surface area (Å²) < 4.78 is 5.13. The number of benzene rings is 1. The Morgan fingerprint density at radius 3 is 2.72 bits per heavy atom. The van der Waals surface area contributed by atoms with Gasteiger partial charge >= 0.3 is 6.09 Å². The van der Waals surface area contributed by atoms with E-state index >= 15 is 0 Å². The summed E-state index contributed by atoms with van der Waals surface area (Å²) in [5, 5.41) is 11.6. The van der Waals surface area contributed by atoms with Crippen LogP contribution in [-0.2, 0) is 11.3 Å². The number of rotatable bonds is 5. The molecule has 2 N–H and O–H groups in total. The number of alkyl carbamates (subject to hydrolysis) is 1. The summed E-state index contributed by atoms with van der Waals surface area (Å²) >= 11 is 0. The summed E-state index contributed by atoms with van der Waals surface area (Å²) in [5.74, 6) is 0.550. The van der Waals surface area contributed by atoms with Crippen LogP contribution in [0, 0.1) is 5.92 Å². The van der Waals surface area contributed by atoms with Gasteiger partial charge in [0.1, 0.15) is 6.61 Å². The van der Waals surface area contributed by atoms with Crippen molar-refractivity contribution in [2.75, 3.05) is 6.61 Å². The fourth-order valence-corrected chi connectivity index (χ4v) is 2.20. The molecule has 0 heterocycles. The van der Waals surface area contributed by atoms with E-state index in [2.05, 4.69) is 5.32 Å². The Bertz CT molecular complexity index is 374. The molecule has 0 spiro atoms. The molecule has 0 aromatic heterocycles. The second kappa shape index (κ2) is 6.40. The minimum Gasteiger partial charge on any atom is -0.445 e. The summed E-state index contributed by atoms with van der Waals surface area (Å²) in [6, 6.07) is 9.83. The highest BCUT2D eigenvalue weighted by Crippen LogP contribution is 2.29. The summed E-state index contributed by atoms with van der Waals surface area (Å²) in [6.45, 7) is 0.537. The van der Waals surface area contributed by atoms with Crippen molar-refractivity contribution < 1.29 is 14.6 Å². The summed E-state index contributed by atoms with van der Waals surface area (Å²) in [4.78, 5) is 11.5. The molecule has 1 amide bonds. The lowest BCUT2D eigenvalue weighted by atomic mass is 9.78. The van der Waals surface area contributed by atoms with Gasteiger partial charge in [-0.2, -0.15) is 0 Å². The fraction of sp³-hybridized carbons (Fsp3) is 0.500. The maximum atomic E-state index is 11.5. The van der Waals surface area contributed by atoms with Crippen LogP contribution in [0.3, 0.4) is 0 Å². The molecule has 0 atom stereocenters. The lowest BCUT2D eigenvalue weighted by molar-refractivity contribution is 0.115. The van der Waals surface area contributed by atoms with Gasteiger partial charge in [-0.05, 0) is 30.7 Å². The maximum absolute atomic E-state index is 11.5. The van der Waals surface area contributed by atoms with Gasteiger partial charge in [-0.1, -0.05) is 30.3 Å². The van der Waals surface area contributed by atoms with E-state index in [0.717, 1.165) is 24.8 Å². The number of ether oxygens (including phenoxy) is 1.